The second kappa shape index (κ2) is 9.34. The standard InChI is InChI=1S/C30H28N6O3/c37-27(16-21-6-4-12-31-18-21)35-14-11-30-25-9-1-2-10-26(25)36(29(30)38)20-23-19-34(33-32-23)13-5-15-39-24-8-3-7-22(17-24)28(30)35/h1-4,6-10,12,17-19,28H,5,11,13-16,20H2/t28-,30+/m0/s1. The van der Waals surface area contributed by atoms with Crippen molar-refractivity contribution in [1.82, 2.24) is 24.9 Å². The predicted molar refractivity (Wildman–Crippen MR) is 143 cm³/mol. The summed E-state index contributed by atoms with van der Waals surface area (Å²) in [5.74, 6) is 0.681. The molecule has 2 aromatic heterocycles. The van der Waals surface area contributed by atoms with Crippen molar-refractivity contribution in [3.8, 4) is 5.75 Å². The number of fused-ring (bicyclic) bond motifs is 8. The number of carbonyl (C=O) groups excluding carboxylic acids is 2. The molecule has 4 aromatic rings. The SMILES string of the molecule is O=C(Cc1cccnc1)N1CC[C@]23C(=O)N(Cc4cn(nn4)CCCOc4cccc(c4)[C@H]12)c1ccccc13. The van der Waals surface area contributed by atoms with Gasteiger partial charge in [-0.1, -0.05) is 41.6 Å². The molecule has 196 valence electrons. The number of aryl methyl sites for hydroxylation is 1. The van der Waals surface area contributed by atoms with Crippen molar-refractivity contribution in [2.75, 3.05) is 18.1 Å². The van der Waals surface area contributed by atoms with Crippen LogP contribution in [0.4, 0.5) is 5.69 Å². The summed E-state index contributed by atoms with van der Waals surface area (Å²) in [6.07, 6.45) is 6.84. The molecule has 3 aliphatic heterocycles. The van der Waals surface area contributed by atoms with Gasteiger partial charge in [-0.3, -0.25) is 19.3 Å². The molecule has 0 radical (unpaired) electrons. The average Bonchev–Trinajstić information content (AvgIpc) is 3.65. The molecule has 0 saturated carbocycles. The smallest absolute Gasteiger partial charge is 0.240 e. The van der Waals surface area contributed by atoms with Crippen LogP contribution in [0, 0.1) is 0 Å². The van der Waals surface area contributed by atoms with Crippen LogP contribution in [0.1, 0.15) is 41.3 Å². The van der Waals surface area contributed by atoms with Gasteiger partial charge in [-0.2, -0.15) is 0 Å². The van der Waals surface area contributed by atoms with E-state index in [2.05, 4.69) is 15.3 Å². The van der Waals surface area contributed by atoms with Gasteiger partial charge in [0.05, 0.1) is 31.8 Å². The fourth-order valence-electron chi connectivity index (χ4n) is 6.43. The number of amides is 2. The fraction of sp³-hybridized carbons (Fsp3) is 0.300. The molecule has 1 fully saturated rings. The first-order valence-electron chi connectivity index (χ1n) is 13.3. The van der Waals surface area contributed by atoms with Gasteiger partial charge in [-0.15, -0.1) is 5.10 Å². The molecule has 39 heavy (non-hydrogen) atoms. The minimum Gasteiger partial charge on any atom is -0.494 e. The number of pyridine rings is 1. The van der Waals surface area contributed by atoms with Gasteiger partial charge < -0.3 is 14.5 Å². The van der Waals surface area contributed by atoms with Gasteiger partial charge in [0.25, 0.3) is 0 Å². The molecule has 0 unspecified atom stereocenters. The van der Waals surface area contributed by atoms with Gasteiger partial charge in [-0.05, 0) is 47.4 Å². The zero-order chi connectivity index (χ0) is 26.4. The molecule has 2 aromatic carbocycles. The summed E-state index contributed by atoms with van der Waals surface area (Å²) in [5.41, 5.74) is 3.36. The van der Waals surface area contributed by atoms with Gasteiger partial charge in [0.1, 0.15) is 16.9 Å². The molecule has 2 atom stereocenters. The van der Waals surface area contributed by atoms with Crippen LogP contribution in [0.15, 0.2) is 79.3 Å². The van der Waals surface area contributed by atoms with Crippen molar-refractivity contribution in [2.45, 2.75) is 43.8 Å². The lowest BCUT2D eigenvalue weighted by Crippen LogP contribution is -2.45. The maximum absolute atomic E-state index is 14.6. The average molecular weight is 521 g/mol. The van der Waals surface area contributed by atoms with Crippen LogP contribution in [0.5, 0.6) is 5.75 Å². The molecular formula is C30H28N6O3. The number of ether oxygens (including phenoxy) is 1. The van der Waals surface area contributed by atoms with Crippen LogP contribution in [0.25, 0.3) is 0 Å². The van der Waals surface area contributed by atoms with Crippen LogP contribution < -0.4 is 9.64 Å². The monoisotopic (exact) mass is 520 g/mol. The first-order valence-corrected chi connectivity index (χ1v) is 13.3. The number of hydrogen-bond acceptors (Lipinski definition) is 6. The number of benzene rings is 2. The Hall–Kier alpha value is -4.53. The van der Waals surface area contributed by atoms with E-state index < -0.39 is 11.5 Å². The molecule has 5 heterocycles. The minimum atomic E-state index is -0.921. The first-order chi connectivity index (χ1) is 19.1. The Kier molecular flexibility index (Phi) is 5.65. The lowest BCUT2D eigenvalue weighted by molar-refractivity contribution is -0.133. The summed E-state index contributed by atoms with van der Waals surface area (Å²) in [6, 6.07) is 19.1. The van der Waals surface area contributed by atoms with Gasteiger partial charge >= 0.3 is 0 Å². The molecule has 0 N–H and O–H groups in total. The maximum Gasteiger partial charge on any atom is 0.240 e. The number of hydrogen-bond donors (Lipinski definition) is 0. The van der Waals surface area contributed by atoms with Crippen molar-refractivity contribution in [2.24, 2.45) is 0 Å². The summed E-state index contributed by atoms with van der Waals surface area (Å²) in [6.45, 7) is 1.98. The Bertz CT molecular complexity index is 1550. The number of anilines is 1. The third-order valence-electron chi connectivity index (χ3n) is 8.11. The molecule has 7 rings (SSSR count). The Morgan fingerprint density at radius 3 is 2.90 bits per heavy atom. The molecule has 1 spiro atoms. The molecular weight excluding hydrogens is 492 g/mol. The normalized spacial score (nSPS) is 21.9. The molecule has 6 bridgehead atoms. The summed E-state index contributed by atoms with van der Waals surface area (Å²) >= 11 is 0. The quantitative estimate of drug-likeness (QED) is 0.402. The molecule has 9 nitrogen and oxygen atoms in total. The molecule has 0 aliphatic carbocycles. The third-order valence-corrected chi connectivity index (χ3v) is 8.11. The van der Waals surface area contributed by atoms with Crippen LogP contribution in [-0.2, 0) is 34.5 Å². The second-order valence-corrected chi connectivity index (χ2v) is 10.4. The third kappa shape index (κ3) is 3.88. The van der Waals surface area contributed by atoms with Crippen LogP contribution in [0.2, 0.25) is 0 Å². The van der Waals surface area contributed by atoms with Gasteiger partial charge in [-0.25, -0.2) is 0 Å². The van der Waals surface area contributed by atoms with E-state index in [4.69, 9.17) is 4.74 Å². The topological polar surface area (TPSA) is 93.5 Å². The van der Waals surface area contributed by atoms with E-state index in [-0.39, 0.29) is 18.2 Å². The largest absolute Gasteiger partial charge is 0.494 e. The number of aromatic nitrogens is 4. The lowest BCUT2D eigenvalue weighted by Gasteiger charge is -2.35. The van der Waals surface area contributed by atoms with E-state index >= 15 is 0 Å². The Labute approximate surface area is 226 Å². The Morgan fingerprint density at radius 1 is 1.08 bits per heavy atom. The van der Waals surface area contributed by atoms with Crippen LogP contribution in [0.3, 0.4) is 0 Å². The fourth-order valence-corrected chi connectivity index (χ4v) is 6.43. The Morgan fingerprint density at radius 2 is 2.00 bits per heavy atom. The highest BCUT2D eigenvalue weighted by Gasteiger charge is 2.61. The highest BCUT2D eigenvalue weighted by atomic mass is 16.5. The van der Waals surface area contributed by atoms with E-state index in [0.717, 1.165) is 40.2 Å². The second-order valence-electron chi connectivity index (χ2n) is 10.4. The summed E-state index contributed by atoms with van der Waals surface area (Å²) in [4.78, 5) is 36.4. The predicted octanol–water partition coefficient (Wildman–Crippen LogP) is 3.46. The number of carbonyl (C=O) groups is 2. The van der Waals surface area contributed by atoms with Crippen molar-refractivity contribution < 1.29 is 14.3 Å². The van der Waals surface area contributed by atoms with E-state index in [1.165, 1.54) is 0 Å². The van der Waals surface area contributed by atoms with Crippen molar-refractivity contribution in [1.29, 1.82) is 0 Å². The van der Waals surface area contributed by atoms with Crippen LogP contribution in [-0.4, -0.2) is 49.8 Å². The molecule has 1 saturated heterocycles. The molecule has 2 amide bonds. The van der Waals surface area contributed by atoms with Crippen molar-refractivity contribution >= 4 is 17.5 Å². The van der Waals surface area contributed by atoms with E-state index in [0.29, 0.717) is 32.7 Å². The van der Waals surface area contributed by atoms with Crippen molar-refractivity contribution in [3.05, 3.63) is 102 Å². The van der Waals surface area contributed by atoms with Gasteiger partial charge in [0.2, 0.25) is 11.8 Å². The minimum absolute atomic E-state index is 0.0129. The maximum atomic E-state index is 14.6. The van der Waals surface area contributed by atoms with E-state index in [1.54, 1.807) is 17.1 Å². The zero-order valence-corrected chi connectivity index (χ0v) is 21.4. The Balaban J connectivity index is 1.38. The van der Waals surface area contributed by atoms with Gasteiger partial charge in [0, 0.05) is 37.6 Å². The van der Waals surface area contributed by atoms with Crippen LogP contribution >= 0.6 is 0 Å². The summed E-state index contributed by atoms with van der Waals surface area (Å²) in [5, 5.41) is 8.62. The van der Waals surface area contributed by atoms with E-state index in [9.17, 15) is 9.59 Å². The number of nitrogens with zero attached hydrogens (tertiary/aromatic N) is 6. The summed E-state index contributed by atoms with van der Waals surface area (Å²) in [7, 11) is 0. The zero-order valence-electron chi connectivity index (χ0n) is 21.4. The number of para-hydroxylation sites is 1. The lowest BCUT2D eigenvalue weighted by atomic mass is 9.72. The molecule has 3 aliphatic rings. The first kappa shape index (κ1) is 23.6. The van der Waals surface area contributed by atoms with Gasteiger partial charge in [0.15, 0.2) is 0 Å². The number of likely N-dealkylation sites (tertiary alicyclic amines) is 1. The number of rotatable bonds is 2. The highest BCUT2D eigenvalue weighted by Crippen LogP contribution is 2.57. The van der Waals surface area contributed by atoms with E-state index in [1.807, 2.05) is 76.7 Å². The van der Waals surface area contributed by atoms with Crippen molar-refractivity contribution in [3.63, 3.8) is 0 Å². The summed E-state index contributed by atoms with van der Waals surface area (Å²) < 4.78 is 7.92. The molecule has 9 heteroatoms. The highest BCUT2D eigenvalue weighted by molar-refractivity contribution is 6.09.